The molecule has 0 bridgehead atoms. The van der Waals surface area contributed by atoms with E-state index in [-0.39, 0.29) is 28.7 Å². The SMILES string of the molecule is CCNC(=NCC1(SC)CCOCC1)N1CCC(c2ncn[nH]2)CC1.I. The number of hydrogen-bond acceptors (Lipinski definition) is 5. The Hall–Kier alpha value is -0.550. The van der Waals surface area contributed by atoms with Crippen LogP contribution in [0.25, 0.3) is 0 Å². The topological polar surface area (TPSA) is 78.4 Å². The third-order valence-electron chi connectivity index (χ3n) is 5.30. The number of nitrogens with zero attached hydrogens (tertiary/aromatic N) is 4. The van der Waals surface area contributed by atoms with Crippen molar-refractivity contribution in [3.8, 4) is 0 Å². The minimum atomic E-state index is 0. The average molecular weight is 494 g/mol. The van der Waals surface area contributed by atoms with Crippen LogP contribution in [0.4, 0.5) is 0 Å². The molecule has 2 aliphatic heterocycles. The average Bonchev–Trinajstić information content (AvgIpc) is 3.21. The molecule has 1 aromatic heterocycles. The Morgan fingerprint density at radius 2 is 2.15 bits per heavy atom. The van der Waals surface area contributed by atoms with Crippen molar-refractivity contribution >= 4 is 41.7 Å². The quantitative estimate of drug-likeness (QED) is 0.372. The standard InChI is InChI=1S/C17H30N6OS.HI/c1-3-18-16(19-12-17(25-2)6-10-24-11-7-17)23-8-4-14(5-9-23)15-20-13-21-22-15;/h13-14H,3-12H2,1-2H3,(H,18,19)(H,20,21,22);1H. The van der Waals surface area contributed by atoms with Gasteiger partial charge in [-0.3, -0.25) is 10.1 Å². The number of halogens is 1. The molecule has 7 nitrogen and oxygen atoms in total. The van der Waals surface area contributed by atoms with Crippen molar-refractivity contribution in [1.29, 1.82) is 0 Å². The van der Waals surface area contributed by atoms with Gasteiger partial charge in [-0.25, -0.2) is 4.98 Å². The Labute approximate surface area is 177 Å². The lowest BCUT2D eigenvalue weighted by atomic mass is 9.96. The second-order valence-electron chi connectivity index (χ2n) is 6.80. The number of ether oxygens (including phenoxy) is 1. The lowest BCUT2D eigenvalue weighted by molar-refractivity contribution is 0.0793. The van der Waals surface area contributed by atoms with Crippen LogP contribution < -0.4 is 5.32 Å². The molecular formula is C17H31IN6OS. The maximum Gasteiger partial charge on any atom is 0.193 e. The Morgan fingerprint density at radius 3 is 2.73 bits per heavy atom. The lowest BCUT2D eigenvalue weighted by Crippen LogP contribution is -2.46. The first-order valence-electron chi connectivity index (χ1n) is 9.28. The van der Waals surface area contributed by atoms with Gasteiger partial charge in [0.15, 0.2) is 5.96 Å². The van der Waals surface area contributed by atoms with Gasteiger partial charge < -0.3 is 15.0 Å². The van der Waals surface area contributed by atoms with Gasteiger partial charge in [0.1, 0.15) is 12.2 Å². The molecule has 3 rings (SSSR count). The molecule has 0 saturated carbocycles. The summed E-state index contributed by atoms with van der Waals surface area (Å²) in [4.78, 5) is 11.7. The van der Waals surface area contributed by atoms with Crippen LogP contribution in [0, 0.1) is 0 Å². The van der Waals surface area contributed by atoms with Gasteiger partial charge in [-0.05, 0) is 38.9 Å². The van der Waals surface area contributed by atoms with E-state index in [9.17, 15) is 0 Å². The van der Waals surface area contributed by atoms with E-state index in [2.05, 4.69) is 38.6 Å². The van der Waals surface area contributed by atoms with Gasteiger partial charge in [-0.1, -0.05) is 0 Å². The number of likely N-dealkylation sites (tertiary alicyclic amines) is 1. The highest BCUT2D eigenvalue weighted by molar-refractivity contribution is 14.0. The molecule has 0 spiro atoms. The largest absolute Gasteiger partial charge is 0.381 e. The van der Waals surface area contributed by atoms with Crippen molar-refractivity contribution in [2.24, 2.45) is 4.99 Å². The van der Waals surface area contributed by atoms with Crippen molar-refractivity contribution in [3.05, 3.63) is 12.2 Å². The van der Waals surface area contributed by atoms with Crippen LogP contribution in [0.2, 0.25) is 0 Å². The van der Waals surface area contributed by atoms with Gasteiger partial charge in [-0.15, -0.1) is 24.0 Å². The van der Waals surface area contributed by atoms with Crippen LogP contribution in [0.3, 0.4) is 0 Å². The fourth-order valence-corrected chi connectivity index (χ4v) is 4.36. The van der Waals surface area contributed by atoms with E-state index in [1.807, 2.05) is 11.8 Å². The van der Waals surface area contributed by atoms with Crippen molar-refractivity contribution in [3.63, 3.8) is 0 Å². The lowest BCUT2D eigenvalue weighted by Gasteiger charge is -2.36. The molecule has 2 N–H and O–H groups in total. The molecule has 1 aromatic rings. The predicted octanol–water partition coefficient (Wildman–Crippen LogP) is 2.48. The van der Waals surface area contributed by atoms with Crippen LogP contribution >= 0.6 is 35.7 Å². The highest BCUT2D eigenvalue weighted by Gasteiger charge is 2.32. The van der Waals surface area contributed by atoms with Crippen molar-refractivity contribution in [1.82, 2.24) is 25.4 Å². The third-order valence-corrected chi connectivity index (χ3v) is 6.71. The van der Waals surface area contributed by atoms with Crippen LogP contribution in [0.5, 0.6) is 0 Å². The number of nitrogens with one attached hydrogen (secondary N) is 2. The number of aromatic amines is 1. The third kappa shape index (κ3) is 5.48. The molecule has 0 radical (unpaired) electrons. The first-order chi connectivity index (χ1) is 12.3. The summed E-state index contributed by atoms with van der Waals surface area (Å²) in [6, 6.07) is 0. The van der Waals surface area contributed by atoms with E-state index in [4.69, 9.17) is 9.73 Å². The number of hydrogen-bond donors (Lipinski definition) is 2. The summed E-state index contributed by atoms with van der Waals surface area (Å²) in [5, 5.41) is 10.5. The minimum Gasteiger partial charge on any atom is -0.381 e. The van der Waals surface area contributed by atoms with E-state index in [0.717, 1.165) is 76.9 Å². The Balaban J connectivity index is 0.00000243. The van der Waals surface area contributed by atoms with Crippen molar-refractivity contribution < 1.29 is 4.74 Å². The number of aromatic nitrogens is 3. The van der Waals surface area contributed by atoms with Gasteiger partial charge in [0, 0.05) is 43.5 Å². The fourth-order valence-electron chi connectivity index (χ4n) is 3.59. The highest BCUT2D eigenvalue weighted by atomic mass is 127. The smallest absolute Gasteiger partial charge is 0.193 e. The summed E-state index contributed by atoms with van der Waals surface area (Å²) in [5.41, 5.74) is 0. The zero-order valence-electron chi connectivity index (χ0n) is 15.7. The molecule has 3 heterocycles. The van der Waals surface area contributed by atoms with Gasteiger partial charge in [0.05, 0.1) is 6.54 Å². The van der Waals surface area contributed by atoms with Crippen LogP contribution in [0.15, 0.2) is 11.3 Å². The molecule has 2 aliphatic rings. The van der Waals surface area contributed by atoms with Gasteiger partial charge in [0.2, 0.25) is 0 Å². The van der Waals surface area contributed by atoms with Gasteiger partial charge in [0.25, 0.3) is 0 Å². The van der Waals surface area contributed by atoms with Crippen molar-refractivity contribution in [2.75, 3.05) is 45.6 Å². The number of rotatable bonds is 5. The Morgan fingerprint density at radius 1 is 1.42 bits per heavy atom. The molecule has 0 amide bonds. The van der Waals surface area contributed by atoms with Gasteiger partial charge in [-0.2, -0.15) is 16.9 Å². The normalized spacial score (nSPS) is 21.3. The maximum absolute atomic E-state index is 5.54. The van der Waals surface area contributed by atoms with E-state index < -0.39 is 0 Å². The maximum atomic E-state index is 5.54. The molecule has 2 fully saturated rings. The summed E-state index contributed by atoms with van der Waals surface area (Å²) in [5.74, 6) is 2.55. The first-order valence-corrected chi connectivity index (χ1v) is 10.5. The number of thioether (sulfide) groups is 1. The van der Waals surface area contributed by atoms with E-state index in [1.54, 1.807) is 6.33 Å². The molecule has 0 aliphatic carbocycles. The van der Waals surface area contributed by atoms with Crippen LogP contribution in [-0.2, 0) is 4.74 Å². The summed E-state index contributed by atoms with van der Waals surface area (Å²) < 4.78 is 5.78. The minimum absolute atomic E-state index is 0. The molecule has 148 valence electrons. The molecule has 26 heavy (non-hydrogen) atoms. The summed E-state index contributed by atoms with van der Waals surface area (Å²) in [6.45, 7) is 7.62. The van der Waals surface area contributed by atoms with E-state index in [1.165, 1.54) is 0 Å². The van der Waals surface area contributed by atoms with Crippen LogP contribution in [-0.4, -0.2) is 76.4 Å². The monoisotopic (exact) mass is 494 g/mol. The number of piperidine rings is 1. The summed E-state index contributed by atoms with van der Waals surface area (Å²) in [6.07, 6.45) is 8.15. The summed E-state index contributed by atoms with van der Waals surface area (Å²) >= 11 is 1.95. The van der Waals surface area contributed by atoms with E-state index >= 15 is 0 Å². The van der Waals surface area contributed by atoms with Crippen molar-refractivity contribution in [2.45, 2.75) is 43.3 Å². The summed E-state index contributed by atoms with van der Waals surface area (Å²) in [7, 11) is 0. The molecular weight excluding hydrogens is 463 g/mol. The molecule has 0 aromatic carbocycles. The number of aliphatic imine (C=N–C) groups is 1. The zero-order chi connectivity index (χ0) is 17.5. The number of H-pyrrole nitrogens is 1. The number of guanidine groups is 1. The second-order valence-corrected chi connectivity index (χ2v) is 8.08. The fraction of sp³-hybridized carbons (Fsp3) is 0.824. The van der Waals surface area contributed by atoms with Gasteiger partial charge >= 0.3 is 0 Å². The Bertz CT molecular complexity index is 541. The Kier molecular flexibility index (Phi) is 8.95. The van der Waals surface area contributed by atoms with Crippen LogP contribution in [0.1, 0.15) is 44.3 Å². The second kappa shape index (κ2) is 10.7. The predicted molar refractivity (Wildman–Crippen MR) is 118 cm³/mol. The molecule has 9 heteroatoms. The molecule has 2 saturated heterocycles. The highest BCUT2D eigenvalue weighted by Crippen LogP contribution is 2.34. The zero-order valence-corrected chi connectivity index (χ0v) is 18.9. The molecule has 0 atom stereocenters. The first kappa shape index (κ1) is 21.7. The van der Waals surface area contributed by atoms with E-state index in [0.29, 0.717) is 5.92 Å². The molecule has 0 unspecified atom stereocenters.